The highest BCUT2D eigenvalue weighted by molar-refractivity contribution is 5.96. The molecule has 172 valence electrons. The predicted molar refractivity (Wildman–Crippen MR) is 126 cm³/mol. The number of nitrogens with one attached hydrogen (secondary N) is 3. The zero-order valence-corrected chi connectivity index (χ0v) is 19.5. The van der Waals surface area contributed by atoms with Crippen molar-refractivity contribution < 1.29 is 9.59 Å². The molecule has 0 saturated carbocycles. The summed E-state index contributed by atoms with van der Waals surface area (Å²) >= 11 is 0. The number of pyridine rings is 2. The van der Waals surface area contributed by atoms with E-state index in [9.17, 15) is 9.59 Å². The molecule has 9 heteroatoms. The molecule has 0 unspecified atom stereocenters. The van der Waals surface area contributed by atoms with Gasteiger partial charge in [-0.2, -0.15) is 0 Å². The van der Waals surface area contributed by atoms with Gasteiger partial charge in [-0.05, 0) is 57.6 Å². The number of likely N-dealkylation sites (N-methyl/N-ethyl adjacent to an activating group) is 1. The van der Waals surface area contributed by atoms with Crippen LogP contribution in [0.1, 0.15) is 35.6 Å². The number of piperazine rings is 1. The van der Waals surface area contributed by atoms with Crippen molar-refractivity contribution in [3.05, 3.63) is 47.4 Å². The Hall–Kier alpha value is -3.04. The molecule has 1 aliphatic heterocycles. The number of rotatable bonds is 7. The van der Waals surface area contributed by atoms with E-state index in [1.54, 1.807) is 26.4 Å². The molecule has 2 amide bonds. The third kappa shape index (κ3) is 5.60. The Morgan fingerprint density at radius 2 is 1.81 bits per heavy atom. The summed E-state index contributed by atoms with van der Waals surface area (Å²) in [5.41, 5.74) is 2.81. The molecule has 3 heterocycles. The molecule has 32 heavy (non-hydrogen) atoms. The second kappa shape index (κ2) is 10.1. The molecule has 0 atom stereocenters. The molecule has 2 aromatic rings. The molecule has 0 bridgehead atoms. The lowest BCUT2D eigenvalue weighted by Crippen LogP contribution is -2.48. The molecule has 0 radical (unpaired) electrons. The van der Waals surface area contributed by atoms with Crippen molar-refractivity contribution in [1.82, 2.24) is 25.5 Å². The Morgan fingerprint density at radius 3 is 2.44 bits per heavy atom. The standard InChI is InChI=1S/C23H33N7O2/c1-16-19(7-6-18(27-16)21(31)24-4)30-12-10-29(11-13-30)15-17-8-9-26-20(14-17)28-22(32)23(2,3)25-5/h6-9,14,25H,10-13,15H2,1-5H3,(H,24,31)(H,26,28,32). The van der Waals surface area contributed by atoms with Crippen LogP contribution < -0.4 is 20.9 Å². The number of hydrogen-bond acceptors (Lipinski definition) is 7. The number of aromatic nitrogens is 2. The fraction of sp³-hybridized carbons (Fsp3) is 0.478. The summed E-state index contributed by atoms with van der Waals surface area (Å²) in [4.78, 5) is 37.6. The summed E-state index contributed by atoms with van der Waals surface area (Å²) in [6.45, 7) is 9.97. The smallest absolute Gasteiger partial charge is 0.269 e. The van der Waals surface area contributed by atoms with Gasteiger partial charge < -0.3 is 20.9 Å². The van der Waals surface area contributed by atoms with Crippen LogP contribution in [0.2, 0.25) is 0 Å². The number of hydrogen-bond donors (Lipinski definition) is 3. The third-order valence-corrected chi connectivity index (χ3v) is 5.90. The van der Waals surface area contributed by atoms with Crippen LogP contribution in [-0.2, 0) is 11.3 Å². The molecule has 2 aromatic heterocycles. The first-order valence-corrected chi connectivity index (χ1v) is 10.9. The van der Waals surface area contributed by atoms with Gasteiger partial charge in [0.2, 0.25) is 5.91 Å². The minimum absolute atomic E-state index is 0.121. The van der Waals surface area contributed by atoms with E-state index in [4.69, 9.17) is 0 Å². The van der Waals surface area contributed by atoms with Crippen molar-refractivity contribution in [2.75, 3.05) is 50.5 Å². The van der Waals surface area contributed by atoms with E-state index >= 15 is 0 Å². The fourth-order valence-corrected chi connectivity index (χ4v) is 3.57. The molecule has 0 aromatic carbocycles. The first-order chi connectivity index (χ1) is 15.2. The minimum Gasteiger partial charge on any atom is -0.368 e. The Labute approximate surface area is 189 Å². The van der Waals surface area contributed by atoms with Gasteiger partial charge in [-0.25, -0.2) is 9.97 Å². The minimum atomic E-state index is -0.667. The molecule has 9 nitrogen and oxygen atoms in total. The fourth-order valence-electron chi connectivity index (χ4n) is 3.57. The monoisotopic (exact) mass is 439 g/mol. The van der Waals surface area contributed by atoms with Crippen molar-refractivity contribution in [3.63, 3.8) is 0 Å². The number of aryl methyl sites for hydroxylation is 1. The van der Waals surface area contributed by atoms with E-state index in [1.165, 1.54) is 0 Å². The molecular weight excluding hydrogens is 406 g/mol. The van der Waals surface area contributed by atoms with E-state index in [2.05, 4.69) is 35.7 Å². The number of amides is 2. The zero-order valence-electron chi connectivity index (χ0n) is 19.5. The lowest BCUT2D eigenvalue weighted by Gasteiger charge is -2.36. The maximum atomic E-state index is 12.4. The van der Waals surface area contributed by atoms with Gasteiger partial charge in [-0.3, -0.25) is 14.5 Å². The van der Waals surface area contributed by atoms with E-state index in [0.717, 1.165) is 49.7 Å². The number of anilines is 2. The van der Waals surface area contributed by atoms with Crippen LogP contribution in [0.15, 0.2) is 30.5 Å². The van der Waals surface area contributed by atoms with E-state index in [-0.39, 0.29) is 11.8 Å². The van der Waals surface area contributed by atoms with Gasteiger partial charge in [0, 0.05) is 46.0 Å². The van der Waals surface area contributed by atoms with E-state index in [0.29, 0.717) is 11.5 Å². The van der Waals surface area contributed by atoms with E-state index in [1.807, 2.05) is 39.0 Å². The molecule has 3 rings (SSSR count). The predicted octanol–water partition coefficient (Wildman–Crippen LogP) is 1.40. The van der Waals surface area contributed by atoms with Gasteiger partial charge in [0.1, 0.15) is 11.5 Å². The van der Waals surface area contributed by atoms with Crippen LogP contribution in [-0.4, -0.2) is 72.5 Å². The third-order valence-electron chi connectivity index (χ3n) is 5.90. The summed E-state index contributed by atoms with van der Waals surface area (Å²) in [5.74, 6) is 0.268. The van der Waals surface area contributed by atoms with Gasteiger partial charge in [-0.15, -0.1) is 0 Å². The summed E-state index contributed by atoms with van der Waals surface area (Å²) < 4.78 is 0. The SMILES string of the molecule is CNC(=O)c1ccc(N2CCN(Cc3ccnc(NC(=O)C(C)(C)NC)c3)CC2)c(C)n1. The quantitative estimate of drug-likeness (QED) is 0.599. The second-order valence-corrected chi connectivity index (χ2v) is 8.52. The molecule has 1 fully saturated rings. The lowest BCUT2D eigenvalue weighted by atomic mass is 10.1. The Bertz CT molecular complexity index is 969. The van der Waals surface area contributed by atoms with Gasteiger partial charge in [-0.1, -0.05) is 0 Å². The van der Waals surface area contributed by atoms with Crippen LogP contribution >= 0.6 is 0 Å². The summed E-state index contributed by atoms with van der Waals surface area (Å²) in [5, 5.41) is 8.49. The topological polar surface area (TPSA) is 102 Å². The number of nitrogens with zero attached hydrogens (tertiary/aromatic N) is 4. The summed E-state index contributed by atoms with van der Waals surface area (Å²) in [7, 11) is 3.37. The van der Waals surface area contributed by atoms with Crippen LogP contribution in [0.5, 0.6) is 0 Å². The maximum Gasteiger partial charge on any atom is 0.269 e. The molecule has 1 saturated heterocycles. The molecular formula is C23H33N7O2. The van der Waals surface area contributed by atoms with Crippen molar-refractivity contribution >= 4 is 23.3 Å². The molecule has 3 N–H and O–H groups in total. The first-order valence-electron chi connectivity index (χ1n) is 10.9. The summed E-state index contributed by atoms with van der Waals surface area (Å²) in [6.07, 6.45) is 1.73. The maximum absolute atomic E-state index is 12.4. The second-order valence-electron chi connectivity index (χ2n) is 8.52. The lowest BCUT2D eigenvalue weighted by molar-refractivity contribution is -0.121. The highest BCUT2D eigenvalue weighted by Crippen LogP contribution is 2.21. The number of carbonyl (C=O) groups is 2. The average molecular weight is 440 g/mol. The average Bonchev–Trinajstić information content (AvgIpc) is 2.79. The summed E-state index contributed by atoms with van der Waals surface area (Å²) in [6, 6.07) is 7.67. The Balaban J connectivity index is 1.58. The zero-order chi connectivity index (χ0) is 23.3. The van der Waals surface area contributed by atoms with Crippen molar-refractivity contribution in [2.45, 2.75) is 32.9 Å². The van der Waals surface area contributed by atoms with Gasteiger partial charge in [0.25, 0.3) is 5.91 Å². The molecule has 1 aliphatic rings. The number of carbonyl (C=O) groups excluding carboxylic acids is 2. The van der Waals surface area contributed by atoms with Crippen LogP contribution in [0.3, 0.4) is 0 Å². The molecule has 0 aliphatic carbocycles. The van der Waals surface area contributed by atoms with Crippen molar-refractivity contribution in [3.8, 4) is 0 Å². The van der Waals surface area contributed by atoms with Crippen LogP contribution in [0, 0.1) is 6.92 Å². The van der Waals surface area contributed by atoms with Crippen LogP contribution in [0.4, 0.5) is 11.5 Å². The van der Waals surface area contributed by atoms with E-state index < -0.39 is 5.54 Å². The largest absolute Gasteiger partial charge is 0.368 e. The van der Waals surface area contributed by atoms with Gasteiger partial charge in [0.15, 0.2) is 0 Å². The highest BCUT2D eigenvalue weighted by atomic mass is 16.2. The first kappa shape index (κ1) is 23.6. The van der Waals surface area contributed by atoms with Crippen LogP contribution in [0.25, 0.3) is 0 Å². The normalized spacial score (nSPS) is 14.8. The van der Waals surface area contributed by atoms with Crippen molar-refractivity contribution in [2.24, 2.45) is 0 Å². The van der Waals surface area contributed by atoms with Crippen molar-refractivity contribution in [1.29, 1.82) is 0 Å². The highest BCUT2D eigenvalue weighted by Gasteiger charge is 2.25. The molecule has 0 spiro atoms. The Kier molecular flexibility index (Phi) is 7.42. The Morgan fingerprint density at radius 1 is 1.09 bits per heavy atom. The van der Waals surface area contributed by atoms with Gasteiger partial charge in [0.05, 0.1) is 16.9 Å². The van der Waals surface area contributed by atoms with Gasteiger partial charge >= 0.3 is 0 Å².